The number of nitrogens with zero attached hydrogens (tertiary/aromatic N) is 1. The third-order valence-electron chi connectivity index (χ3n) is 6.19. The van der Waals surface area contributed by atoms with Crippen molar-refractivity contribution in [3.05, 3.63) is 36.4 Å². The lowest BCUT2D eigenvalue weighted by Gasteiger charge is -2.22. The van der Waals surface area contributed by atoms with E-state index in [1.54, 1.807) is 24.3 Å². The molecule has 1 aromatic rings. The largest absolute Gasteiger partial charge is 0.427 e. The molecule has 1 aliphatic heterocycles. The Kier molecular flexibility index (Phi) is 2.53. The summed E-state index contributed by atoms with van der Waals surface area (Å²) in [5, 5.41) is 0. The molecule has 0 radical (unpaired) electrons. The van der Waals surface area contributed by atoms with Gasteiger partial charge in [-0.25, -0.2) is 4.90 Å². The van der Waals surface area contributed by atoms with Gasteiger partial charge in [-0.2, -0.15) is 0 Å². The Labute approximate surface area is 139 Å². The lowest BCUT2D eigenvalue weighted by Crippen LogP contribution is -2.34. The average molecular weight is 323 g/mol. The number of fused-ring (bicyclic) bond motifs is 3. The second-order valence-electron chi connectivity index (χ2n) is 7.32. The van der Waals surface area contributed by atoms with Gasteiger partial charge in [-0.05, 0) is 42.2 Å². The Bertz CT molecular complexity index is 788. The highest BCUT2D eigenvalue weighted by molar-refractivity contribution is 6.23. The predicted molar refractivity (Wildman–Crippen MR) is 85.0 cm³/mol. The van der Waals surface area contributed by atoms with E-state index < -0.39 is 5.97 Å². The molecule has 3 fully saturated rings. The van der Waals surface area contributed by atoms with Crippen LogP contribution in [0.4, 0.5) is 5.69 Å². The van der Waals surface area contributed by atoms with Crippen LogP contribution in [-0.4, -0.2) is 17.8 Å². The predicted octanol–water partition coefficient (Wildman–Crippen LogP) is 2.31. The number of amides is 2. The molecule has 2 saturated carbocycles. The number of benzene rings is 1. The number of ether oxygens (including phenoxy) is 1. The number of hydrogen-bond donors (Lipinski definition) is 0. The lowest BCUT2D eigenvalue weighted by molar-refractivity contribution is -0.132. The third kappa shape index (κ3) is 1.57. The highest BCUT2D eigenvalue weighted by atomic mass is 16.5. The van der Waals surface area contributed by atoms with Gasteiger partial charge in [0.1, 0.15) is 5.75 Å². The quantitative estimate of drug-likeness (QED) is 0.363. The monoisotopic (exact) mass is 323 g/mol. The number of allylic oxidation sites excluding steroid dienone is 2. The van der Waals surface area contributed by atoms with Crippen LogP contribution in [0, 0.1) is 29.1 Å². The summed E-state index contributed by atoms with van der Waals surface area (Å²) in [6, 6.07) is 6.63. The minimum absolute atomic E-state index is 0.104. The third-order valence-corrected chi connectivity index (χ3v) is 6.19. The molecule has 2 amide bonds. The molecule has 24 heavy (non-hydrogen) atoms. The number of hydrogen-bond acceptors (Lipinski definition) is 4. The van der Waals surface area contributed by atoms with Gasteiger partial charge >= 0.3 is 5.97 Å². The maximum atomic E-state index is 13.0. The zero-order valence-corrected chi connectivity index (χ0v) is 13.3. The molecule has 1 saturated heterocycles. The molecule has 122 valence electrons. The molecule has 4 atom stereocenters. The fourth-order valence-electron chi connectivity index (χ4n) is 5.18. The number of anilines is 1. The SMILES string of the molecule is CC(=O)Oc1cccc(N2C(=O)[C@@H]3[C@H](C2=O)[C@H]2C=C[C@@H]3C23CC3)c1. The van der Waals surface area contributed by atoms with Gasteiger partial charge in [-0.15, -0.1) is 0 Å². The zero-order valence-electron chi connectivity index (χ0n) is 13.3. The maximum absolute atomic E-state index is 13.0. The van der Waals surface area contributed by atoms with Gasteiger partial charge in [0.15, 0.2) is 0 Å². The smallest absolute Gasteiger partial charge is 0.308 e. The summed E-state index contributed by atoms with van der Waals surface area (Å²) in [6.07, 6.45) is 6.57. The molecular weight excluding hydrogens is 306 g/mol. The summed E-state index contributed by atoms with van der Waals surface area (Å²) < 4.78 is 5.08. The molecule has 0 N–H and O–H groups in total. The van der Waals surface area contributed by atoms with E-state index in [0.29, 0.717) is 11.4 Å². The van der Waals surface area contributed by atoms with Crippen LogP contribution in [0.25, 0.3) is 0 Å². The first-order valence-electron chi connectivity index (χ1n) is 8.37. The molecule has 5 rings (SSSR count). The number of carbonyl (C=O) groups excluding carboxylic acids is 3. The first-order valence-corrected chi connectivity index (χ1v) is 8.37. The first kappa shape index (κ1) is 14.0. The van der Waals surface area contributed by atoms with Gasteiger partial charge in [0, 0.05) is 13.0 Å². The Morgan fingerprint density at radius 2 is 1.75 bits per heavy atom. The van der Waals surface area contributed by atoms with E-state index in [9.17, 15) is 14.4 Å². The highest BCUT2D eigenvalue weighted by Gasteiger charge is 2.73. The van der Waals surface area contributed by atoms with Crippen LogP contribution < -0.4 is 9.64 Å². The second kappa shape index (κ2) is 4.35. The van der Waals surface area contributed by atoms with E-state index in [4.69, 9.17) is 4.74 Å². The fraction of sp³-hybridized carbons (Fsp3) is 0.421. The van der Waals surface area contributed by atoms with Gasteiger partial charge in [-0.1, -0.05) is 18.2 Å². The molecule has 3 aliphatic carbocycles. The molecule has 4 aliphatic rings. The number of esters is 1. The van der Waals surface area contributed by atoms with Gasteiger partial charge < -0.3 is 4.74 Å². The number of imide groups is 1. The Morgan fingerprint density at radius 3 is 2.29 bits per heavy atom. The summed E-state index contributed by atoms with van der Waals surface area (Å²) in [5.41, 5.74) is 0.689. The van der Waals surface area contributed by atoms with Crippen molar-refractivity contribution in [1.82, 2.24) is 0 Å². The molecule has 1 spiro atoms. The van der Waals surface area contributed by atoms with Crippen molar-refractivity contribution in [3.63, 3.8) is 0 Å². The van der Waals surface area contributed by atoms with Gasteiger partial charge in [0.25, 0.3) is 0 Å². The van der Waals surface area contributed by atoms with Crippen molar-refractivity contribution in [2.45, 2.75) is 19.8 Å². The van der Waals surface area contributed by atoms with Crippen LogP contribution in [0.2, 0.25) is 0 Å². The van der Waals surface area contributed by atoms with Crippen molar-refractivity contribution in [1.29, 1.82) is 0 Å². The van der Waals surface area contributed by atoms with Crippen molar-refractivity contribution >= 4 is 23.5 Å². The molecule has 1 aromatic carbocycles. The van der Waals surface area contributed by atoms with Crippen LogP contribution in [0.1, 0.15) is 19.8 Å². The molecule has 0 aromatic heterocycles. The van der Waals surface area contributed by atoms with Crippen LogP contribution in [0.5, 0.6) is 5.75 Å². The Balaban J connectivity index is 1.51. The van der Waals surface area contributed by atoms with Crippen LogP contribution in [-0.2, 0) is 14.4 Å². The second-order valence-corrected chi connectivity index (χ2v) is 7.32. The Morgan fingerprint density at radius 1 is 1.12 bits per heavy atom. The van der Waals surface area contributed by atoms with Crippen molar-refractivity contribution in [2.24, 2.45) is 29.1 Å². The van der Waals surface area contributed by atoms with Crippen LogP contribution in [0.15, 0.2) is 36.4 Å². The maximum Gasteiger partial charge on any atom is 0.308 e. The number of carbonyl (C=O) groups is 3. The van der Waals surface area contributed by atoms with Crippen molar-refractivity contribution in [2.75, 3.05) is 4.90 Å². The molecule has 5 heteroatoms. The lowest BCUT2D eigenvalue weighted by atomic mass is 9.85. The standard InChI is InChI=1S/C19H17NO4/c1-10(21)24-12-4-2-3-11(9-12)20-17(22)15-13-5-6-14(16(15)18(20)23)19(13)7-8-19/h2-6,9,13-16H,7-8H2,1H3/t13-,14+,15-,16+. The summed E-state index contributed by atoms with van der Waals surface area (Å²) in [6.45, 7) is 1.32. The summed E-state index contributed by atoms with van der Waals surface area (Å²) in [4.78, 5) is 38.4. The minimum Gasteiger partial charge on any atom is -0.427 e. The van der Waals surface area contributed by atoms with Gasteiger partial charge in [-0.3, -0.25) is 14.4 Å². The van der Waals surface area contributed by atoms with Crippen molar-refractivity contribution < 1.29 is 19.1 Å². The summed E-state index contributed by atoms with van der Waals surface area (Å²) in [5.74, 6) is -0.296. The zero-order chi connectivity index (χ0) is 16.6. The van der Waals surface area contributed by atoms with E-state index in [1.165, 1.54) is 11.8 Å². The average Bonchev–Trinajstić information content (AvgIpc) is 3.12. The van der Waals surface area contributed by atoms with Crippen LogP contribution >= 0.6 is 0 Å². The summed E-state index contributed by atoms with van der Waals surface area (Å²) >= 11 is 0. The van der Waals surface area contributed by atoms with Gasteiger partial charge in [0.2, 0.25) is 11.8 Å². The molecular formula is C19H17NO4. The summed E-state index contributed by atoms with van der Waals surface area (Å²) in [7, 11) is 0. The molecule has 1 heterocycles. The van der Waals surface area contributed by atoms with E-state index in [0.717, 1.165) is 12.8 Å². The van der Waals surface area contributed by atoms with Gasteiger partial charge in [0.05, 0.1) is 17.5 Å². The fourth-order valence-corrected chi connectivity index (χ4v) is 5.18. The normalized spacial score (nSPS) is 34.1. The van der Waals surface area contributed by atoms with E-state index in [1.807, 2.05) is 0 Å². The topological polar surface area (TPSA) is 63.7 Å². The Hall–Kier alpha value is -2.43. The number of rotatable bonds is 2. The first-order chi connectivity index (χ1) is 11.5. The molecule has 2 bridgehead atoms. The van der Waals surface area contributed by atoms with E-state index in [-0.39, 0.29) is 40.9 Å². The van der Waals surface area contributed by atoms with E-state index >= 15 is 0 Å². The molecule has 0 unspecified atom stereocenters. The molecule has 5 nitrogen and oxygen atoms in total. The van der Waals surface area contributed by atoms with Crippen LogP contribution in [0.3, 0.4) is 0 Å². The van der Waals surface area contributed by atoms with E-state index in [2.05, 4.69) is 12.2 Å². The minimum atomic E-state index is -0.430. The van der Waals surface area contributed by atoms with Crippen molar-refractivity contribution in [3.8, 4) is 5.75 Å². The highest BCUT2D eigenvalue weighted by Crippen LogP contribution is 2.73.